The molecular weight excluding hydrogens is 190 g/mol. The fourth-order valence-electron chi connectivity index (χ4n) is 0.292. The van der Waals surface area contributed by atoms with Gasteiger partial charge in [0.15, 0.2) is 0 Å². The van der Waals surface area contributed by atoms with Gasteiger partial charge in [-0.1, -0.05) is 0 Å². The first-order valence-corrected chi connectivity index (χ1v) is 3.30. The van der Waals surface area contributed by atoms with Gasteiger partial charge < -0.3 is 10.5 Å². The molecule has 0 aromatic carbocycles. The molecule has 0 radical (unpaired) electrons. The highest BCUT2D eigenvalue weighted by Crippen LogP contribution is 1.88. The maximum atomic E-state index is 10.6. The summed E-state index contributed by atoms with van der Waals surface area (Å²) in [4.78, 5) is 20.7. The second-order valence-corrected chi connectivity index (χ2v) is 2.07. The summed E-state index contributed by atoms with van der Waals surface area (Å²) < 4.78 is 4.15. The average Bonchev–Trinajstić information content (AvgIpc) is 1.85. The number of thiol groups is 1. The van der Waals surface area contributed by atoms with Gasteiger partial charge in [-0.25, -0.2) is 4.79 Å². The van der Waals surface area contributed by atoms with Gasteiger partial charge in [0, 0.05) is 12.7 Å². The third-order valence-corrected chi connectivity index (χ3v) is 1.14. The topological polar surface area (TPSA) is 69.4 Å². The van der Waals surface area contributed by atoms with E-state index in [2.05, 4.69) is 17.4 Å². The van der Waals surface area contributed by atoms with Crippen LogP contribution in [-0.4, -0.2) is 23.7 Å². The van der Waals surface area contributed by atoms with Gasteiger partial charge in [0.2, 0.25) is 0 Å². The Balaban J connectivity index is 0. The number of carbonyl (C=O) groups excluding carboxylic acids is 2. The number of rotatable bonds is 2. The van der Waals surface area contributed by atoms with E-state index in [4.69, 9.17) is 5.73 Å². The monoisotopic (exact) mass is 199 g/mol. The molecule has 66 valence electrons. The predicted molar refractivity (Wildman–Crippen MR) is 45.8 cm³/mol. The van der Waals surface area contributed by atoms with Crippen LogP contribution in [-0.2, 0) is 14.3 Å². The number of nitrogens with two attached hydrogens (primary N) is 1. The Morgan fingerprint density at radius 1 is 1.64 bits per heavy atom. The maximum Gasteiger partial charge on any atom is 0.331 e. The van der Waals surface area contributed by atoms with Gasteiger partial charge in [-0.05, 0) is 0 Å². The Morgan fingerprint density at radius 3 is 2.36 bits per heavy atom. The number of ether oxygens (including phenoxy) is 1. The van der Waals surface area contributed by atoms with Crippen molar-refractivity contribution in [2.24, 2.45) is 5.73 Å². The SMILES string of the molecule is CC(=O)OC(=O)[C@@H](N)CS.Cl. The smallest absolute Gasteiger partial charge is 0.331 e. The fourth-order valence-corrected chi connectivity index (χ4v) is 0.441. The van der Waals surface area contributed by atoms with Crippen LogP contribution in [0.1, 0.15) is 6.92 Å². The first kappa shape index (κ1) is 13.3. The standard InChI is InChI=1S/C5H9NO3S.ClH/c1-3(7)9-5(8)4(6)2-10;/h4,10H,2,6H2,1H3;1H/t4-;/m0./s1. The zero-order valence-electron chi connectivity index (χ0n) is 5.94. The van der Waals surface area contributed by atoms with Crippen molar-refractivity contribution in [1.29, 1.82) is 0 Å². The van der Waals surface area contributed by atoms with Crippen molar-refractivity contribution in [3.8, 4) is 0 Å². The molecule has 0 saturated heterocycles. The van der Waals surface area contributed by atoms with E-state index in [0.29, 0.717) is 0 Å². The highest BCUT2D eigenvalue weighted by molar-refractivity contribution is 7.80. The summed E-state index contributed by atoms with van der Waals surface area (Å²) in [6.45, 7) is 1.14. The molecule has 1 atom stereocenters. The normalized spacial score (nSPS) is 11.2. The lowest BCUT2D eigenvalue weighted by molar-refractivity contribution is -0.158. The van der Waals surface area contributed by atoms with Crippen LogP contribution in [0.5, 0.6) is 0 Å². The van der Waals surface area contributed by atoms with Crippen LogP contribution >= 0.6 is 25.0 Å². The fraction of sp³-hybridized carbons (Fsp3) is 0.600. The van der Waals surface area contributed by atoms with Crippen LogP contribution in [0.15, 0.2) is 0 Å². The third-order valence-electron chi connectivity index (χ3n) is 0.744. The molecule has 4 nitrogen and oxygen atoms in total. The van der Waals surface area contributed by atoms with E-state index in [1.54, 1.807) is 0 Å². The number of carbonyl (C=O) groups is 2. The summed E-state index contributed by atoms with van der Waals surface area (Å²) in [5.41, 5.74) is 5.16. The Kier molecular flexibility index (Phi) is 7.82. The molecule has 2 N–H and O–H groups in total. The zero-order valence-corrected chi connectivity index (χ0v) is 7.65. The summed E-state index contributed by atoms with van der Waals surface area (Å²) in [5, 5.41) is 0. The number of hydrogen-bond donors (Lipinski definition) is 2. The molecule has 0 rings (SSSR count). The summed E-state index contributed by atoms with van der Waals surface area (Å²) in [6.07, 6.45) is 0. The molecule has 0 aromatic rings. The Morgan fingerprint density at radius 2 is 2.09 bits per heavy atom. The van der Waals surface area contributed by atoms with Crippen LogP contribution < -0.4 is 5.73 Å². The lowest BCUT2D eigenvalue weighted by atomic mass is 10.4. The molecule has 0 aromatic heterocycles. The largest absolute Gasteiger partial charge is 0.392 e. The molecule has 0 aliphatic carbocycles. The molecule has 0 amide bonds. The van der Waals surface area contributed by atoms with E-state index in [1.807, 2.05) is 0 Å². The van der Waals surface area contributed by atoms with E-state index in [0.717, 1.165) is 6.92 Å². The first-order chi connectivity index (χ1) is 4.57. The van der Waals surface area contributed by atoms with Crippen LogP contribution in [0.2, 0.25) is 0 Å². The molecule has 6 heteroatoms. The molecule has 0 unspecified atom stereocenters. The van der Waals surface area contributed by atoms with Crippen LogP contribution in [0.4, 0.5) is 0 Å². The van der Waals surface area contributed by atoms with Crippen molar-refractivity contribution < 1.29 is 14.3 Å². The van der Waals surface area contributed by atoms with E-state index in [9.17, 15) is 9.59 Å². The molecule has 0 spiro atoms. The van der Waals surface area contributed by atoms with Crippen molar-refractivity contribution in [3.05, 3.63) is 0 Å². The Labute approximate surface area is 76.3 Å². The first-order valence-electron chi connectivity index (χ1n) is 2.66. The Bertz CT molecular complexity index is 153. The minimum atomic E-state index is -0.813. The van der Waals surface area contributed by atoms with Gasteiger partial charge in [-0.15, -0.1) is 12.4 Å². The maximum absolute atomic E-state index is 10.6. The molecule has 0 aliphatic heterocycles. The van der Waals surface area contributed by atoms with E-state index < -0.39 is 18.0 Å². The molecule has 11 heavy (non-hydrogen) atoms. The molecule has 0 aliphatic rings. The van der Waals surface area contributed by atoms with E-state index in [-0.39, 0.29) is 18.2 Å². The van der Waals surface area contributed by atoms with Crippen molar-refractivity contribution in [2.45, 2.75) is 13.0 Å². The van der Waals surface area contributed by atoms with E-state index in [1.165, 1.54) is 0 Å². The second-order valence-electron chi connectivity index (χ2n) is 1.70. The van der Waals surface area contributed by atoms with Gasteiger partial charge >= 0.3 is 11.9 Å². The summed E-state index contributed by atoms with van der Waals surface area (Å²) >= 11 is 3.74. The van der Waals surface area contributed by atoms with Crippen molar-refractivity contribution >= 4 is 37.0 Å². The number of esters is 2. The average molecular weight is 200 g/mol. The van der Waals surface area contributed by atoms with Crippen molar-refractivity contribution in [2.75, 3.05) is 5.75 Å². The lowest BCUT2D eigenvalue weighted by Crippen LogP contribution is -2.34. The van der Waals surface area contributed by atoms with Crippen LogP contribution in [0.25, 0.3) is 0 Å². The van der Waals surface area contributed by atoms with Gasteiger partial charge in [0.1, 0.15) is 6.04 Å². The van der Waals surface area contributed by atoms with Gasteiger partial charge in [0.05, 0.1) is 0 Å². The third kappa shape index (κ3) is 6.15. The highest BCUT2D eigenvalue weighted by atomic mass is 35.5. The number of halogens is 1. The highest BCUT2D eigenvalue weighted by Gasteiger charge is 2.14. The minimum absolute atomic E-state index is 0. The molecular formula is C5H10ClNO3S. The van der Waals surface area contributed by atoms with Gasteiger partial charge in [0.25, 0.3) is 0 Å². The number of hydrogen-bond acceptors (Lipinski definition) is 5. The lowest BCUT2D eigenvalue weighted by Gasteiger charge is -2.04. The molecule has 0 fully saturated rings. The summed E-state index contributed by atoms with van der Waals surface area (Å²) in [6, 6.07) is -0.813. The molecule has 0 heterocycles. The molecule has 0 saturated carbocycles. The second kappa shape index (κ2) is 6.45. The van der Waals surface area contributed by atoms with Crippen molar-refractivity contribution in [3.63, 3.8) is 0 Å². The summed E-state index contributed by atoms with van der Waals surface area (Å²) in [7, 11) is 0. The molecule has 0 bridgehead atoms. The van der Waals surface area contributed by atoms with Crippen LogP contribution in [0.3, 0.4) is 0 Å². The van der Waals surface area contributed by atoms with E-state index >= 15 is 0 Å². The van der Waals surface area contributed by atoms with Gasteiger partial charge in [-0.2, -0.15) is 12.6 Å². The van der Waals surface area contributed by atoms with Gasteiger partial charge in [-0.3, -0.25) is 4.79 Å². The van der Waals surface area contributed by atoms with Crippen molar-refractivity contribution in [1.82, 2.24) is 0 Å². The quantitative estimate of drug-likeness (QED) is 0.366. The minimum Gasteiger partial charge on any atom is -0.392 e. The summed E-state index contributed by atoms with van der Waals surface area (Å²) in [5.74, 6) is -1.21. The zero-order chi connectivity index (χ0) is 8.15. The Hall–Kier alpha value is -0.260. The predicted octanol–water partition coefficient (Wildman–Crippen LogP) is -0.245. The van der Waals surface area contributed by atoms with Crippen LogP contribution in [0, 0.1) is 0 Å².